The summed E-state index contributed by atoms with van der Waals surface area (Å²) >= 11 is 15.2. The van der Waals surface area contributed by atoms with Crippen molar-refractivity contribution in [2.75, 3.05) is 48.4 Å². The standard InChI is InChI=1S/C21H23ClN2O4S.C10H13N3OS.C9H8ClNO3.CH4/c1-11(26-3)19-14(10-23-21-20(19)24-12(2)29-21)7-15(25)6-13-8-16(22)18(28-5)9-17(13)27-4;1-5(14-3)8-7(11)4-12-10-9(8)13-6(2)15-10;1-13-8-4-9(14-2)7(11-5-12)3-6(8)10;/h8-11H,6-7H2,1-5H3;4-5H,11H2,1-3H3;3-4H,1-2H3;1H4. The first-order valence-electron chi connectivity index (χ1n) is 17.5. The molecule has 0 bridgehead atoms. The molecule has 0 aliphatic carbocycles. The average molecular weight is 888 g/mol. The lowest BCUT2D eigenvalue weighted by molar-refractivity contribution is -0.117. The van der Waals surface area contributed by atoms with Gasteiger partial charge in [0.15, 0.2) is 0 Å². The maximum absolute atomic E-state index is 12.9. The Bertz CT molecular complexity index is 2440. The van der Waals surface area contributed by atoms with E-state index in [1.165, 1.54) is 44.8 Å². The number of hydrogen-bond acceptors (Lipinski definition) is 16. The summed E-state index contributed by atoms with van der Waals surface area (Å²) in [7, 11) is 9.35. The topological polar surface area (TPSA) is 179 Å². The highest BCUT2D eigenvalue weighted by Gasteiger charge is 2.22. The molecule has 316 valence electrons. The van der Waals surface area contributed by atoms with Gasteiger partial charge in [-0.15, -0.1) is 0 Å². The average Bonchev–Trinajstić information content (AvgIpc) is 3.78. The highest BCUT2D eigenvalue weighted by Crippen LogP contribution is 2.38. The largest absolute Gasteiger partial charge is 0.496 e. The zero-order valence-electron chi connectivity index (χ0n) is 33.7. The van der Waals surface area contributed by atoms with Gasteiger partial charge in [-0.2, -0.15) is 4.99 Å². The normalized spacial score (nSPS) is 11.5. The molecule has 0 radical (unpaired) electrons. The number of rotatable bonds is 13. The van der Waals surface area contributed by atoms with Crippen LogP contribution in [0.15, 0.2) is 41.7 Å². The highest BCUT2D eigenvalue weighted by molar-refractivity contribution is 7.18. The number of pyridine rings is 2. The first-order valence-corrected chi connectivity index (χ1v) is 19.9. The van der Waals surface area contributed by atoms with Crippen LogP contribution in [0.2, 0.25) is 10.0 Å². The van der Waals surface area contributed by atoms with E-state index in [2.05, 4.69) is 24.9 Å². The monoisotopic (exact) mass is 886 g/mol. The van der Waals surface area contributed by atoms with E-state index < -0.39 is 0 Å². The number of anilines is 1. The number of fused-ring (bicyclic) bond motifs is 2. The number of Topliss-reactive ketones (excluding diaryl/α,β-unsaturated/α-hetero) is 1. The quantitative estimate of drug-likeness (QED) is 0.0856. The van der Waals surface area contributed by atoms with E-state index in [1.807, 2.05) is 27.7 Å². The molecule has 6 aromatic rings. The second kappa shape index (κ2) is 22.4. The molecule has 0 aliphatic rings. The molecule has 0 aliphatic heterocycles. The predicted octanol–water partition coefficient (Wildman–Crippen LogP) is 9.98. The number of halogens is 2. The van der Waals surface area contributed by atoms with Crippen molar-refractivity contribution in [2.24, 2.45) is 4.99 Å². The van der Waals surface area contributed by atoms with E-state index in [4.69, 9.17) is 57.4 Å². The van der Waals surface area contributed by atoms with Gasteiger partial charge >= 0.3 is 0 Å². The van der Waals surface area contributed by atoms with Gasteiger partial charge in [0, 0.05) is 62.1 Å². The number of carbonyl (C=O) groups excluding carboxylic acids is 2. The van der Waals surface area contributed by atoms with Gasteiger partial charge in [0.2, 0.25) is 6.08 Å². The van der Waals surface area contributed by atoms with Crippen molar-refractivity contribution in [3.63, 3.8) is 0 Å². The lowest BCUT2D eigenvalue weighted by Crippen LogP contribution is -2.12. The van der Waals surface area contributed by atoms with E-state index in [1.54, 1.807) is 63.3 Å². The molecule has 0 amide bonds. The van der Waals surface area contributed by atoms with Gasteiger partial charge in [-0.3, -0.25) is 4.79 Å². The van der Waals surface area contributed by atoms with Crippen molar-refractivity contribution in [3.05, 3.63) is 79.0 Å². The maximum atomic E-state index is 12.9. The van der Waals surface area contributed by atoms with Crippen LogP contribution in [-0.4, -0.2) is 74.5 Å². The van der Waals surface area contributed by atoms with Gasteiger partial charge in [-0.05, 0) is 45.4 Å². The molecule has 14 nitrogen and oxygen atoms in total. The Morgan fingerprint density at radius 2 is 1.20 bits per heavy atom. The zero-order chi connectivity index (χ0) is 42.7. The first kappa shape index (κ1) is 48.4. The molecule has 2 unspecified atom stereocenters. The molecule has 4 aromatic heterocycles. The molecule has 2 atom stereocenters. The third-order valence-electron chi connectivity index (χ3n) is 8.73. The van der Waals surface area contributed by atoms with E-state index in [-0.39, 0.29) is 38.3 Å². The van der Waals surface area contributed by atoms with Crippen LogP contribution in [0.25, 0.3) is 20.7 Å². The number of ketones is 1. The van der Waals surface area contributed by atoms with E-state index in [9.17, 15) is 9.59 Å². The number of carbonyl (C=O) groups is 1. The summed E-state index contributed by atoms with van der Waals surface area (Å²) in [5, 5.41) is 2.72. The molecule has 0 spiro atoms. The number of ether oxygens (including phenoxy) is 6. The molecular formula is C41H48Cl2N6O8S2. The second-order valence-corrected chi connectivity index (χ2v) is 15.6. The van der Waals surface area contributed by atoms with Crippen molar-refractivity contribution in [1.82, 2.24) is 19.9 Å². The van der Waals surface area contributed by atoms with Crippen molar-refractivity contribution in [3.8, 4) is 23.0 Å². The van der Waals surface area contributed by atoms with Crippen LogP contribution in [0.5, 0.6) is 23.0 Å². The number of nitrogen functional groups attached to an aromatic ring is 1. The number of benzene rings is 2. The van der Waals surface area contributed by atoms with Crippen LogP contribution in [0.3, 0.4) is 0 Å². The molecule has 18 heteroatoms. The Morgan fingerprint density at radius 3 is 1.73 bits per heavy atom. The number of aliphatic imine (C=N–C) groups is 1. The summed E-state index contributed by atoms with van der Waals surface area (Å²) in [5.74, 6) is 1.96. The number of thiazole rings is 2. The summed E-state index contributed by atoms with van der Waals surface area (Å²) in [5.41, 5.74) is 11.9. The number of isocyanates is 1. The van der Waals surface area contributed by atoms with Gasteiger partial charge < -0.3 is 34.2 Å². The zero-order valence-corrected chi connectivity index (χ0v) is 36.8. The Hall–Kier alpha value is -4.93. The van der Waals surface area contributed by atoms with Gasteiger partial charge in [-0.25, -0.2) is 24.7 Å². The van der Waals surface area contributed by atoms with Gasteiger partial charge in [0.25, 0.3) is 0 Å². The molecule has 0 fully saturated rings. The summed E-state index contributed by atoms with van der Waals surface area (Å²) in [6.45, 7) is 7.81. The van der Waals surface area contributed by atoms with Gasteiger partial charge in [0.1, 0.15) is 55.2 Å². The van der Waals surface area contributed by atoms with Crippen LogP contribution in [0.4, 0.5) is 11.4 Å². The van der Waals surface area contributed by atoms with Crippen molar-refractivity contribution in [2.45, 2.75) is 60.2 Å². The maximum Gasteiger partial charge on any atom is 0.240 e. The number of methoxy groups -OCH3 is 6. The van der Waals surface area contributed by atoms with E-state index in [0.717, 1.165) is 47.4 Å². The van der Waals surface area contributed by atoms with Crippen molar-refractivity contribution < 1.29 is 38.0 Å². The number of aromatic nitrogens is 4. The Labute approximate surface area is 361 Å². The number of hydrogen-bond donors (Lipinski definition) is 1. The van der Waals surface area contributed by atoms with Crippen LogP contribution >= 0.6 is 45.9 Å². The van der Waals surface area contributed by atoms with Crippen molar-refractivity contribution in [1.29, 1.82) is 0 Å². The predicted molar refractivity (Wildman–Crippen MR) is 236 cm³/mol. The number of nitrogens with zero attached hydrogens (tertiary/aromatic N) is 5. The van der Waals surface area contributed by atoms with Crippen LogP contribution < -0.4 is 24.7 Å². The molecule has 0 saturated heterocycles. The van der Waals surface area contributed by atoms with E-state index >= 15 is 0 Å². The summed E-state index contributed by atoms with van der Waals surface area (Å²) in [6, 6.07) is 6.43. The molecule has 2 N–H and O–H groups in total. The first-order chi connectivity index (χ1) is 27.7. The molecule has 4 heterocycles. The van der Waals surface area contributed by atoms with Crippen molar-refractivity contribution >= 4 is 89.8 Å². The Balaban J connectivity index is 0.000000260. The van der Waals surface area contributed by atoms with Crippen LogP contribution in [0.1, 0.15) is 65.8 Å². The number of nitrogens with two attached hydrogens (primary N) is 1. The number of aryl methyl sites for hydroxylation is 2. The Kier molecular flexibility index (Phi) is 18.4. The minimum absolute atomic E-state index is 0. The fraction of sp³-hybridized carbons (Fsp3) is 0.366. The fourth-order valence-corrected chi connectivity index (χ4v) is 7.88. The SMILES string of the molecule is C.COC(C)c1c(N)cnc2sc(C)nc12.COc1cc(OC)c(CC(=O)Cc2cnc3sc(C)nc3c2C(C)OC)cc1Cl.COc1cc(OC)c(N=C=O)cc1Cl. The lowest BCUT2D eigenvalue weighted by Gasteiger charge is -2.16. The smallest absolute Gasteiger partial charge is 0.240 e. The van der Waals surface area contributed by atoms with Gasteiger partial charge in [0.05, 0.1) is 72.6 Å². The minimum atomic E-state index is -0.199. The molecule has 6 rings (SSSR count). The highest BCUT2D eigenvalue weighted by atomic mass is 35.5. The summed E-state index contributed by atoms with van der Waals surface area (Å²) in [4.78, 5) is 46.0. The minimum Gasteiger partial charge on any atom is -0.496 e. The van der Waals surface area contributed by atoms with Crippen LogP contribution in [-0.2, 0) is 31.9 Å². The summed E-state index contributed by atoms with van der Waals surface area (Å²) < 4.78 is 31.4. The summed E-state index contributed by atoms with van der Waals surface area (Å²) in [6.07, 6.45) is 4.98. The van der Waals surface area contributed by atoms with Crippen LogP contribution in [0, 0.1) is 13.8 Å². The molecule has 0 saturated carbocycles. The third-order valence-corrected chi connectivity index (χ3v) is 11.1. The fourth-order valence-electron chi connectivity index (χ4n) is 5.84. The molecular weight excluding hydrogens is 840 g/mol. The second-order valence-electron chi connectivity index (χ2n) is 12.4. The van der Waals surface area contributed by atoms with Gasteiger partial charge in [-0.1, -0.05) is 53.3 Å². The van der Waals surface area contributed by atoms with E-state index in [0.29, 0.717) is 50.0 Å². The molecule has 2 aromatic carbocycles. The molecule has 59 heavy (non-hydrogen) atoms. The Morgan fingerprint density at radius 1 is 0.729 bits per heavy atom. The lowest BCUT2D eigenvalue weighted by atomic mass is 9.97. The third kappa shape index (κ3) is 11.9.